The van der Waals surface area contributed by atoms with Crippen molar-refractivity contribution in [2.45, 2.75) is 0 Å². The van der Waals surface area contributed by atoms with Crippen molar-refractivity contribution in [2.24, 2.45) is 0 Å². The van der Waals surface area contributed by atoms with Crippen molar-refractivity contribution in [1.82, 2.24) is 9.55 Å². The van der Waals surface area contributed by atoms with Gasteiger partial charge in [0.15, 0.2) is 0 Å². The topological polar surface area (TPSA) is 107 Å². The average Bonchev–Trinajstić information content (AvgIpc) is 2.37. The number of nitrogens with zero attached hydrogens (tertiary/aromatic N) is 2. The number of nitro benzene ring substituents is 1. The Bertz CT molecular complexity index is 764. The van der Waals surface area contributed by atoms with Crippen LogP contribution in [0.25, 0.3) is 5.69 Å². The number of rotatable bonds is 3. The van der Waals surface area contributed by atoms with Gasteiger partial charge in [0.25, 0.3) is 11.2 Å². The molecule has 1 aromatic carbocycles. The summed E-state index contributed by atoms with van der Waals surface area (Å²) >= 11 is 5.56. The summed E-state index contributed by atoms with van der Waals surface area (Å²) in [6.45, 7) is 0. The summed E-state index contributed by atoms with van der Waals surface area (Å²) < 4.78 is 5.75. The Morgan fingerprint density at radius 2 is 2.05 bits per heavy atom. The Balaban J connectivity index is 2.74. The standard InChI is InChI=1S/C11H8ClN3O5/c1-20-8-4-6(15(18)19)2-3-7(8)14-10(16)5-9(12)13-11(14)17/h2-5H,1H3,(H,13,17). The maximum absolute atomic E-state index is 11.8. The highest BCUT2D eigenvalue weighted by Crippen LogP contribution is 2.26. The summed E-state index contributed by atoms with van der Waals surface area (Å²) in [6, 6.07) is 4.56. The van der Waals surface area contributed by atoms with E-state index >= 15 is 0 Å². The highest BCUT2D eigenvalue weighted by atomic mass is 35.5. The molecule has 2 aromatic rings. The molecule has 0 amide bonds. The van der Waals surface area contributed by atoms with Crippen LogP contribution in [-0.4, -0.2) is 21.6 Å². The number of nitro groups is 1. The third-order valence-electron chi connectivity index (χ3n) is 2.52. The predicted molar refractivity (Wildman–Crippen MR) is 70.9 cm³/mol. The van der Waals surface area contributed by atoms with Crippen LogP contribution in [0.4, 0.5) is 5.69 Å². The summed E-state index contributed by atoms with van der Waals surface area (Å²) in [5.74, 6) is 0.0223. The Morgan fingerprint density at radius 1 is 1.35 bits per heavy atom. The molecule has 0 fully saturated rings. The smallest absolute Gasteiger partial charge is 0.334 e. The lowest BCUT2D eigenvalue weighted by Gasteiger charge is -2.09. The van der Waals surface area contributed by atoms with Gasteiger partial charge in [-0.05, 0) is 6.07 Å². The Morgan fingerprint density at radius 3 is 2.60 bits per heavy atom. The van der Waals surface area contributed by atoms with E-state index in [0.717, 1.165) is 16.7 Å². The first-order valence-corrected chi connectivity index (χ1v) is 5.66. The molecule has 1 aromatic heterocycles. The molecule has 104 valence electrons. The minimum atomic E-state index is -0.769. The number of aromatic nitrogens is 2. The molecule has 0 aliphatic carbocycles. The highest BCUT2D eigenvalue weighted by Gasteiger charge is 2.15. The summed E-state index contributed by atoms with van der Waals surface area (Å²) in [6.07, 6.45) is 0. The number of halogens is 1. The fraction of sp³-hybridized carbons (Fsp3) is 0.0909. The first-order chi connectivity index (χ1) is 9.43. The molecule has 0 atom stereocenters. The highest BCUT2D eigenvalue weighted by molar-refractivity contribution is 6.29. The summed E-state index contributed by atoms with van der Waals surface area (Å²) in [5.41, 5.74) is -1.58. The molecule has 0 aliphatic heterocycles. The van der Waals surface area contributed by atoms with Gasteiger partial charge in [0.05, 0.1) is 23.8 Å². The van der Waals surface area contributed by atoms with Gasteiger partial charge in [-0.25, -0.2) is 9.36 Å². The molecule has 2 rings (SSSR count). The maximum atomic E-state index is 11.8. The van der Waals surface area contributed by atoms with Crippen LogP contribution in [0.3, 0.4) is 0 Å². The molecule has 9 heteroatoms. The zero-order chi connectivity index (χ0) is 14.9. The number of nitrogens with one attached hydrogen (secondary N) is 1. The molecule has 0 unspecified atom stereocenters. The molecular formula is C11H8ClN3O5. The van der Waals surface area contributed by atoms with Crippen molar-refractivity contribution < 1.29 is 9.66 Å². The molecule has 1 N–H and O–H groups in total. The first-order valence-electron chi connectivity index (χ1n) is 5.28. The maximum Gasteiger partial charge on any atom is 0.334 e. The van der Waals surface area contributed by atoms with Gasteiger partial charge in [-0.2, -0.15) is 0 Å². The van der Waals surface area contributed by atoms with E-state index in [2.05, 4.69) is 4.98 Å². The van der Waals surface area contributed by atoms with Crippen LogP contribution in [0.15, 0.2) is 33.9 Å². The average molecular weight is 298 g/mol. The fourth-order valence-corrected chi connectivity index (χ4v) is 1.83. The number of aromatic amines is 1. The molecule has 1 heterocycles. The van der Waals surface area contributed by atoms with Crippen LogP contribution in [-0.2, 0) is 0 Å². The number of H-pyrrole nitrogens is 1. The second-order valence-corrected chi connectivity index (χ2v) is 4.12. The van der Waals surface area contributed by atoms with Gasteiger partial charge in [0.2, 0.25) is 0 Å². The molecular weight excluding hydrogens is 290 g/mol. The monoisotopic (exact) mass is 297 g/mol. The lowest BCUT2D eigenvalue weighted by atomic mass is 10.2. The number of methoxy groups -OCH3 is 1. The van der Waals surface area contributed by atoms with Gasteiger partial charge in [-0.15, -0.1) is 0 Å². The van der Waals surface area contributed by atoms with Crippen molar-refractivity contribution in [2.75, 3.05) is 7.11 Å². The van der Waals surface area contributed by atoms with Crippen LogP contribution in [0.1, 0.15) is 0 Å². The fourth-order valence-electron chi connectivity index (χ4n) is 1.66. The van der Waals surface area contributed by atoms with Crippen LogP contribution in [0, 0.1) is 10.1 Å². The van der Waals surface area contributed by atoms with Crippen LogP contribution in [0.2, 0.25) is 5.15 Å². The van der Waals surface area contributed by atoms with E-state index in [-0.39, 0.29) is 22.3 Å². The number of non-ortho nitro benzene ring substituents is 1. The van der Waals surface area contributed by atoms with Crippen LogP contribution in [0.5, 0.6) is 5.75 Å². The number of hydrogen-bond acceptors (Lipinski definition) is 5. The molecule has 20 heavy (non-hydrogen) atoms. The van der Waals surface area contributed by atoms with E-state index in [1.165, 1.54) is 19.2 Å². The third-order valence-corrected chi connectivity index (χ3v) is 2.72. The van der Waals surface area contributed by atoms with E-state index in [9.17, 15) is 19.7 Å². The van der Waals surface area contributed by atoms with Gasteiger partial charge < -0.3 is 4.74 Å². The van der Waals surface area contributed by atoms with Crippen molar-refractivity contribution in [3.05, 3.63) is 60.4 Å². The normalized spacial score (nSPS) is 10.3. The molecule has 0 saturated carbocycles. The summed E-state index contributed by atoms with van der Waals surface area (Å²) in [4.78, 5) is 35.9. The second-order valence-electron chi connectivity index (χ2n) is 3.71. The number of hydrogen-bond donors (Lipinski definition) is 1. The Kier molecular flexibility index (Phi) is 3.57. The lowest BCUT2D eigenvalue weighted by Crippen LogP contribution is -2.33. The number of ether oxygens (including phenoxy) is 1. The van der Waals surface area contributed by atoms with Crippen molar-refractivity contribution >= 4 is 17.3 Å². The van der Waals surface area contributed by atoms with Gasteiger partial charge >= 0.3 is 5.69 Å². The second kappa shape index (κ2) is 5.17. The van der Waals surface area contributed by atoms with Gasteiger partial charge in [0.1, 0.15) is 10.9 Å². The van der Waals surface area contributed by atoms with Crippen LogP contribution >= 0.6 is 11.6 Å². The van der Waals surface area contributed by atoms with Gasteiger partial charge in [-0.3, -0.25) is 19.9 Å². The molecule has 0 spiro atoms. The van der Waals surface area contributed by atoms with E-state index in [1.807, 2.05) is 0 Å². The number of benzene rings is 1. The first kappa shape index (κ1) is 13.8. The molecule has 0 aliphatic rings. The van der Waals surface area contributed by atoms with E-state index in [1.54, 1.807) is 0 Å². The third kappa shape index (κ3) is 2.41. The summed E-state index contributed by atoms with van der Waals surface area (Å²) in [7, 11) is 1.28. The SMILES string of the molecule is COc1cc([N+](=O)[O-])ccc1-n1c(=O)cc(Cl)[nH]c1=O. The van der Waals surface area contributed by atoms with Crippen LogP contribution < -0.4 is 16.0 Å². The minimum Gasteiger partial charge on any atom is -0.494 e. The molecule has 0 bridgehead atoms. The lowest BCUT2D eigenvalue weighted by molar-refractivity contribution is -0.384. The molecule has 8 nitrogen and oxygen atoms in total. The molecule has 0 saturated heterocycles. The Labute approximate surface area is 116 Å². The molecule has 0 radical (unpaired) electrons. The minimum absolute atomic E-state index is 0.0223. The van der Waals surface area contributed by atoms with Crippen molar-refractivity contribution in [1.29, 1.82) is 0 Å². The van der Waals surface area contributed by atoms with Gasteiger partial charge in [0, 0.05) is 12.1 Å². The summed E-state index contributed by atoms with van der Waals surface area (Å²) in [5, 5.41) is 10.6. The quantitative estimate of drug-likeness (QED) is 0.518. The zero-order valence-electron chi connectivity index (χ0n) is 10.1. The van der Waals surface area contributed by atoms with E-state index in [4.69, 9.17) is 16.3 Å². The largest absolute Gasteiger partial charge is 0.494 e. The Hall–Kier alpha value is -2.61. The van der Waals surface area contributed by atoms with Gasteiger partial charge in [-0.1, -0.05) is 11.6 Å². The predicted octanol–water partition coefficient (Wildman–Crippen LogP) is 1.10. The van der Waals surface area contributed by atoms with E-state index in [0.29, 0.717) is 0 Å². The van der Waals surface area contributed by atoms with E-state index < -0.39 is 16.2 Å². The zero-order valence-corrected chi connectivity index (χ0v) is 10.9. The van der Waals surface area contributed by atoms with Crippen molar-refractivity contribution in [3.63, 3.8) is 0 Å². The van der Waals surface area contributed by atoms with Crippen molar-refractivity contribution in [3.8, 4) is 11.4 Å².